The molecule has 4 heteroatoms. The number of hydrogen-bond acceptors (Lipinski definition) is 4. The van der Waals surface area contributed by atoms with Crippen LogP contribution in [0.2, 0.25) is 0 Å². The zero-order valence-electron chi connectivity index (χ0n) is 20.5. The highest BCUT2D eigenvalue weighted by molar-refractivity contribution is 7.09. The minimum Gasteiger partial charge on any atom is -0.309 e. The Morgan fingerprint density at radius 2 is 1.03 bits per heavy atom. The van der Waals surface area contributed by atoms with Gasteiger partial charge < -0.3 is 4.90 Å². The number of nitrogens with zero attached hydrogens (tertiary/aromatic N) is 3. The van der Waals surface area contributed by atoms with E-state index in [-0.39, 0.29) is 0 Å². The summed E-state index contributed by atoms with van der Waals surface area (Å²) in [7, 11) is 0. The van der Waals surface area contributed by atoms with Crippen LogP contribution < -0.4 is 4.90 Å². The van der Waals surface area contributed by atoms with Crippen molar-refractivity contribution in [3.05, 3.63) is 140 Å². The second-order valence-electron chi connectivity index (χ2n) is 9.17. The molecular formula is C34H23N3S. The molecule has 0 amide bonds. The molecule has 0 aliphatic heterocycles. The van der Waals surface area contributed by atoms with Crippen LogP contribution in [0.25, 0.3) is 43.5 Å². The van der Waals surface area contributed by atoms with Crippen LogP contribution in [0.15, 0.2) is 140 Å². The molecule has 0 radical (unpaired) electrons. The molecule has 0 atom stereocenters. The van der Waals surface area contributed by atoms with Gasteiger partial charge >= 0.3 is 0 Å². The van der Waals surface area contributed by atoms with E-state index in [1.807, 2.05) is 30.3 Å². The topological polar surface area (TPSA) is 29.0 Å². The molecule has 7 aromatic rings. The van der Waals surface area contributed by atoms with E-state index in [1.165, 1.54) is 33.1 Å². The predicted octanol–water partition coefficient (Wildman–Crippen LogP) is 9.65. The molecule has 1 heterocycles. The number of rotatable bonds is 5. The molecule has 1 aromatic heterocycles. The lowest BCUT2D eigenvalue weighted by Gasteiger charge is -2.28. The highest BCUT2D eigenvalue weighted by atomic mass is 32.1. The molecule has 0 bridgehead atoms. The zero-order valence-corrected chi connectivity index (χ0v) is 21.3. The van der Waals surface area contributed by atoms with Crippen LogP contribution in [0.5, 0.6) is 0 Å². The van der Waals surface area contributed by atoms with Crippen molar-refractivity contribution < 1.29 is 0 Å². The van der Waals surface area contributed by atoms with E-state index in [0.717, 1.165) is 39.0 Å². The van der Waals surface area contributed by atoms with Crippen LogP contribution in [0.3, 0.4) is 0 Å². The Hall–Kier alpha value is -4.80. The van der Waals surface area contributed by atoms with Gasteiger partial charge in [0.2, 0.25) is 0 Å². The fraction of sp³-hybridized carbons (Fsp3) is 0. The first-order valence-corrected chi connectivity index (χ1v) is 13.4. The number of fused-ring (bicyclic) bond motifs is 2. The number of aromatic nitrogens is 2. The molecule has 3 nitrogen and oxygen atoms in total. The van der Waals surface area contributed by atoms with Gasteiger partial charge in [0.1, 0.15) is 5.01 Å². The second kappa shape index (κ2) is 9.58. The minimum absolute atomic E-state index is 0.766. The van der Waals surface area contributed by atoms with E-state index in [1.54, 1.807) is 0 Å². The molecule has 38 heavy (non-hydrogen) atoms. The predicted molar refractivity (Wildman–Crippen MR) is 160 cm³/mol. The average molecular weight is 506 g/mol. The van der Waals surface area contributed by atoms with E-state index in [0.29, 0.717) is 0 Å². The van der Waals surface area contributed by atoms with Crippen molar-refractivity contribution in [3.8, 4) is 22.0 Å². The standard InChI is InChI=1S/C34H23N3S/c1-2-12-26(13-3-1)33-35-34(38-36-33)27-20-22-28(23-21-27)37(31-18-8-14-24-10-4-6-16-29(24)31)32-19-9-15-25-11-5-7-17-30(25)32/h1-23H. The van der Waals surface area contributed by atoms with Gasteiger partial charge in [-0.1, -0.05) is 103 Å². The fourth-order valence-electron chi connectivity index (χ4n) is 5.01. The molecule has 0 N–H and O–H groups in total. The Balaban J connectivity index is 1.36. The minimum atomic E-state index is 0.766. The smallest absolute Gasteiger partial charge is 0.173 e. The molecule has 0 saturated heterocycles. The van der Waals surface area contributed by atoms with Crippen molar-refractivity contribution in [1.29, 1.82) is 0 Å². The van der Waals surface area contributed by atoms with Crippen molar-refractivity contribution in [2.24, 2.45) is 0 Å². The molecular weight excluding hydrogens is 482 g/mol. The number of benzene rings is 6. The second-order valence-corrected chi connectivity index (χ2v) is 9.92. The summed E-state index contributed by atoms with van der Waals surface area (Å²) < 4.78 is 4.60. The lowest BCUT2D eigenvalue weighted by Crippen LogP contribution is -2.11. The molecule has 0 saturated carbocycles. The van der Waals surface area contributed by atoms with Crippen LogP contribution >= 0.6 is 11.5 Å². The van der Waals surface area contributed by atoms with Crippen molar-refractivity contribution in [2.45, 2.75) is 0 Å². The number of hydrogen-bond donors (Lipinski definition) is 0. The molecule has 6 aromatic carbocycles. The van der Waals surface area contributed by atoms with Crippen molar-refractivity contribution in [1.82, 2.24) is 9.36 Å². The van der Waals surface area contributed by atoms with Crippen LogP contribution in [0.4, 0.5) is 17.1 Å². The first kappa shape index (κ1) is 22.4. The summed E-state index contributed by atoms with van der Waals surface area (Å²) in [5.41, 5.74) is 5.48. The normalized spacial score (nSPS) is 11.2. The van der Waals surface area contributed by atoms with E-state index in [2.05, 4.69) is 118 Å². The Kier molecular flexibility index (Phi) is 5.65. The van der Waals surface area contributed by atoms with E-state index < -0.39 is 0 Å². The molecule has 7 rings (SSSR count). The van der Waals surface area contributed by atoms with Crippen molar-refractivity contribution in [3.63, 3.8) is 0 Å². The molecule has 0 aliphatic rings. The molecule has 0 fully saturated rings. The van der Waals surface area contributed by atoms with Gasteiger partial charge in [0, 0.05) is 27.6 Å². The maximum Gasteiger partial charge on any atom is 0.173 e. The van der Waals surface area contributed by atoms with Crippen LogP contribution in [-0.2, 0) is 0 Å². The summed E-state index contributed by atoms with van der Waals surface area (Å²) in [6.07, 6.45) is 0. The van der Waals surface area contributed by atoms with Gasteiger partial charge in [0.25, 0.3) is 0 Å². The maximum atomic E-state index is 4.82. The summed E-state index contributed by atoms with van der Waals surface area (Å²) >= 11 is 1.43. The van der Waals surface area contributed by atoms with Gasteiger partial charge in [-0.05, 0) is 58.7 Å². The maximum absolute atomic E-state index is 4.82. The Labute approximate surface area is 225 Å². The summed E-state index contributed by atoms with van der Waals surface area (Å²) in [5.74, 6) is 0.766. The monoisotopic (exact) mass is 505 g/mol. The molecule has 180 valence electrons. The highest BCUT2D eigenvalue weighted by Crippen LogP contribution is 2.42. The van der Waals surface area contributed by atoms with Crippen LogP contribution in [-0.4, -0.2) is 9.36 Å². The van der Waals surface area contributed by atoms with Gasteiger partial charge in [-0.15, -0.1) is 0 Å². The zero-order chi connectivity index (χ0) is 25.3. The first-order valence-electron chi connectivity index (χ1n) is 12.6. The van der Waals surface area contributed by atoms with Gasteiger partial charge in [0.15, 0.2) is 5.82 Å². The third-order valence-electron chi connectivity index (χ3n) is 6.85. The highest BCUT2D eigenvalue weighted by Gasteiger charge is 2.18. The first-order chi connectivity index (χ1) is 18.8. The quantitative estimate of drug-likeness (QED) is 0.233. The average Bonchev–Trinajstić information content (AvgIpc) is 3.49. The summed E-state index contributed by atoms with van der Waals surface area (Å²) in [5, 5.41) is 5.77. The van der Waals surface area contributed by atoms with Gasteiger partial charge in [-0.2, -0.15) is 4.37 Å². The van der Waals surface area contributed by atoms with E-state index in [9.17, 15) is 0 Å². The van der Waals surface area contributed by atoms with Crippen molar-refractivity contribution in [2.75, 3.05) is 4.90 Å². The summed E-state index contributed by atoms with van der Waals surface area (Å²) in [6.45, 7) is 0. The van der Waals surface area contributed by atoms with Crippen LogP contribution in [0.1, 0.15) is 0 Å². The SMILES string of the molecule is c1ccc(-c2nsc(-c3ccc(N(c4cccc5ccccc45)c4cccc5ccccc45)cc3)n2)cc1. The van der Waals surface area contributed by atoms with E-state index in [4.69, 9.17) is 4.98 Å². The Morgan fingerprint density at radius 1 is 0.474 bits per heavy atom. The summed E-state index contributed by atoms with van der Waals surface area (Å²) in [6, 6.07) is 48.9. The largest absolute Gasteiger partial charge is 0.309 e. The van der Waals surface area contributed by atoms with Gasteiger partial charge in [-0.25, -0.2) is 4.98 Å². The van der Waals surface area contributed by atoms with Crippen molar-refractivity contribution >= 4 is 50.1 Å². The third-order valence-corrected chi connectivity index (χ3v) is 7.61. The van der Waals surface area contributed by atoms with Gasteiger partial charge in [0.05, 0.1) is 11.4 Å². The summed E-state index contributed by atoms with van der Waals surface area (Å²) in [4.78, 5) is 7.18. The lowest BCUT2D eigenvalue weighted by atomic mass is 10.0. The Morgan fingerprint density at radius 3 is 1.66 bits per heavy atom. The number of anilines is 3. The third kappa shape index (κ3) is 4.01. The van der Waals surface area contributed by atoms with E-state index >= 15 is 0 Å². The Bertz CT molecular complexity index is 1780. The molecule has 0 spiro atoms. The molecule has 0 unspecified atom stereocenters. The lowest BCUT2D eigenvalue weighted by molar-refractivity contribution is 1.30. The van der Waals surface area contributed by atoms with Gasteiger partial charge in [-0.3, -0.25) is 0 Å². The molecule has 0 aliphatic carbocycles. The fourth-order valence-corrected chi connectivity index (χ4v) is 5.70. The van der Waals surface area contributed by atoms with Crippen LogP contribution in [0, 0.1) is 0 Å².